The number of benzene rings is 1. The molecule has 1 atom stereocenters. The van der Waals surface area contributed by atoms with E-state index < -0.39 is 0 Å². The number of hydrogen-bond acceptors (Lipinski definition) is 2. The van der Waals surface area contributed by atoms with E-state index in [0.29, 0.717) is 22.6 Å². The van der Waals surface area contributed by atoms with Crippen molar-refractivity contribution < 1.29 is 13.9 Å². The van der Waals surface area contributed by atoms with Gasteiger partial charge in [0.25, 0.3) is 0 Å². The van der Waals surface area contributed by atoms with Gasteiger partial charge in [0.15, 0.2) is 5.78 Å². The Bertz CT molecular complexity index is 428. The molecule has 1 aliphatic heterocycles. The Labute approximate surface area is 115 Å². The first-order valence-corrected chi connectivity index (χ1v) is 7.06. The fraction of sp³-hybridized carbons (Fsp3) is 0.500. The van der Waals surface area contributed by atoms with Crippen molar-refractivity contribution in [3.05, 3.63) is 34.1 Å². The predicted molar refractivity (Wildman–Crippen MR) is 71.3 cm³/mol. The molecule has 4 heteroatoms. The second-order valence-electron chi connectivity index (χ2n) is 4.57. The van der Waals surface area contributed by atoms with Gasteiger partial charge < -0.3 is 4.74 Å². The van der Waals surface area contributed by atoms with Gasteiger partial charge in [-0.2, -0.15) is 0 Å². The lowest BCUT2D eigenvalue weighted by Gasteiger charge is -2.08. The van der Waals surface area contributed by atoms with Crippen LogP contribution in [0.5, 0.6) is 0 Å². The zero-order valence-electron chi connectivity index (χ0n) is 10.1. The molecule has 2 rings (SSSR count). The zero-order valence-corrected chi connectivity index (χ0v) is 11.7. The predicted octanol–water partition coefficient (Wildman–Crippen LogP) is 4.12. The van der Waals surface area contributed by atoms with Crippen molar-refractivity contribution in [3.8, 4) is 0 Å². The molecule has 0 saturated carbocycles. The smallest absolute Gasteiger partial charge is 0.164 e. The number of rotatable bonds is 5. The summed E-state index contributed by atoms with van der Waals surface area (Å²) in [6, 6.07) is 4.18. The van der Waals surface area contributed by atoms with Gasteiger partial charge in [-0.3, -0.25) is 4.79 Å². The van der Waals surface area contributed by atoms with Crippen molar-refractivity contribution >= 4 is 21.7 Å². The molecule has 1 unspecified atom stereocenters. The van der Waals surface area contributed by atoms with Crippen molar-refractivity contribution in [3.63, 3.8) is 0 Å². The van der Waals surface area contributed by atoms with Crippen LogP contribution < -0.4 is 0 Å². The Morgan fingerprint density at radius 1 is 1.50 bits per heavy atom. The Hall–Kier alpha value is -0.740. The summed E-state index contributed by atoms with van der Waals surface area (Å²) in [5.74, 6) is -0.280. The minimum atomic E-state index is -0.335. The van der Waals surface area contributed by atoms with Crippen molar-refractivity contribution in [2.24, 2.45) is 0 Å². The summed E-state index contributed by atoms with van der Waals surface area (Å²) >= 11 is 3.22. The molecule has 1 aromatic carbocycles. The van der Waals surface area contributed by atoms with E-state index in [1.165, 1.54) is 18.2 Å². The van der Waals surface area contributed by atoms with Crippen molar-refractivity contribution in [2.75, 3.05) is 6.61 Å². The first-order chi connectivity index (χ1) is 8.66. The van der Waals surface area contributed by atoms with Gasteiger partial charge in [0, 0.05) is 23.1 Å². The van der Waals surface area contributed by atoms with Crippen LogP contribution >= 0.6 is 15.9 Å². The normalized spacial score (nSPS) is 19.1. The molecule has 0 radical (unpaired) electrons. The fourth-order valence-corrected chi connectivity index (χ4v) is 2.78. The van der Waals surface area contributed by atoms with E-state index in [0.717, 1.165) is 32.3 Å². The number of hydrogen-bond donors (Lipinski definition) is 0. The molecule has 1 saturated heterocycles. The molecule has 1 heterocycles. The number of halogens is 2. The maximum atomic E-state index is 12.9. The summed E-state index contributed by atoms with van der Waals surface area (Å²) in [6.07, 6.45) is 4.81. The summed E-state index contributed by atoms with van der Waals surface area (Å²) in [5.41, 5.74) is 0.559. The monoisotopic (exact) mass is 314 g/mol. The standard InChI is InChI=1S/C14H16BrFO2/c15-13-9-10(16)6-7-12(13)14(17)5-1-3-11-4-2-8-18-11/h6-7,9,11H,1-5,8H2. The molecule has 2 nitrogen and oxygen atoms in total. The molecular weight excluding hydrogens is 299 g/mol. The van der Waals surface area contributed by atoms with Crippen LogP contribution in [0.3, 0.4) is 0 Å². The summed E-state index contributed by atoms with van der Waals surface area (Å²) in [6.45, 7) is 0.849. The Kier molecular flexibility index (Phi) is 4.89. The molecule has 0 aliphatic carbocycles. The van der Waals surface area contributed by atoms with Crippen molar-refractivity contribution in [1.29, 1.82) is 0 Å². The molecule has 0 aromatic heterocycles. The minimum absolute atomic E-state index is 0.0554. The molecular formula is C14H16BrFO2. The van der Waals surface area contributed by atoms with Crippen LogP contribution in [0.2, 0.25) is 0 Å². The Morgan fingerprint density at radius 2 is 2.33 bits per heavy atom. The summed E-state index contributed by atoms with van der Waals surface area (Å²) in [4.78, 5) is 12.0. The number of carbonyl (C=O) groups excluding carboxylic acids is 1. The third-order valence-electron chi connectivity index (χ3n) is 3.19. The first kappa shape index (κ1) is 13.7. The number of carbonyl (C=O) groups is 1. The molecule has 1 aromatic rings. The molecule has 98 valence electrons. The second kappa shape index (κ2) is 6.43. The lowest BCUT2D eigenvalue weighted by molar-refractivity contribution is 0.0922. The minimum Gasteiger partial charge on any atom is -0.378 e. The third kappa shape index (κ3) is 3.62. The zero-order chi connectivity index (χ0) is 13.0. The van der Waals surface area contributed by atoms with Crippen LogP contribution in [-0.2, 0) is 4.74 Å². The van der Waals surface area contributed by atoms with E-state index in [1.54, 1.807) is 0 Å². The van der Waals surface area contributed by atoms with E-state index in [9.17, 15) is 9.18 Å². The highest BCUT2D eigenvalue weighted by Crippen LogP contribution is 2.22. The molecule has 1 aliphatic rings. The number of ether oxygens (including phenoxy) is 1. The highest BCUT2D eigenvalue weighted by molar-refractivity contribution is 9.10. The summed E-state index contributed by atoms with van der Waals surface area (Å²) < 4.78 is 19.0. The maximum Gasteiger partial charge on any atom is 0.164 e. The molecule has 0 N–H and O–H groups in total. The van der Waals surface area contributed by atoms with Crippen LogP contribution in [0.4, 0.5) is 4.39 Å². The largest absolute Gasteiger partial charge is 0.378 e. The quantitative estimate of drug-likeness (QED) is 0.764. The average molecular weight is 315 g/mol. The SMILES string of the molecule is O=C(CCCC1CCCO1)c1ccc(F)cc1Br. The van der Waals surface area contributed by atoms with E-state index in [1.807, 2.05) is 0 Å². The average Bonchev–Trinajstić information content (AvgIpc) is 2.81. The van der Waals surface area contributed by atoms with Gasteiger partial charge in [-0.15, -0.1) is 0 Å². The maximum absolute atomic E-state index is 12.9. The first-order valence-electron chi connectivity index (χ1n) is 6.26. The van der Waals surface area contributed by atoms with Gasteiger partial charge in [0.05, 0.1) is 6.10 Å². The summed E-state index contributed by atoms with van der Waals surface area (Å²) in [7, 11) is 0. The Morgan fingerprint density at radius 3 is 3.00 bits per heavy atom. The van der Waals surface area contributed by atoms with Crippen LogP contribution in [0.25, 0.3) is 0 Å². The van der Waals surface area contributed by atoms with Gasteiger partial charge in [-0.05, 0) is 59.8 Å². The van der Waals surface area contributed by atoms with Crippen molar-refractivity contribution in [2.45, 2.75) is 38.2 Å². The van der Waals surface area contributed by atoms with E-state index in [-0.39, 0.29) is 11.6 Å². The Balaban J connectivity index is 1.83. The van der Waals surface area contributed by atoms with Gasteiger partial charge >= 0.3 is 0 Å². The van der Waals surface area contributed by atoms with Crippen LogP contribution in [0.15, 0.2) is 22.7 Å². The second-order valence-corrected chi connectivity index (χ2v) is 5.43. The molecule has 18 heavy (non-hydrogen) atoms. The van der Waals surface area contributed by atoms with Crippen molar-refractivity contribution in [1.82, 2.24) is 0 Å². The molecule has 0 amide bonds. The molecule has 0 bridgehead atoms. The van der Waals surface area contributed by atoms with Crippen LogP contribution in [0, 0.1) is 5.82 Å². The lowest BCUT2D eigenvalue weighted by Crippen LogP contribution is -2.07. The highest BCUT2D eigenvalue weighted by atomic mass is 79.9. The third-order valence-corrected chi connectivity index (χ3v) is 3.84. The topological polar surface area (TPSA) is 26.3 Å². The lowest BCUT2D eigenvalue weighted by atomic mass is 10.0. The van der Waals surface area contributed by atoms with Crippen LogP contribution in [0.1, 0.15) is 42.5 Å². The fourth-order valence-electron chi connectivity index (χ4n) is 2.21. The molecule has 0 spiro atoms. The van der Waals surface area contributed by atoms with E-state index in [2.05, 4.69) is 15.9 Å². The van der Waals surface area contributed by atoms with Gasteiger partial charge in [-0.25, -0.2) is 4.39 Å². The van der Waals surface area contributed by atoms with E-state index in [4.69, 9.17) is 4.74 Å². The number of ketones is 1. The molecule has 1 fully saturated rings. The van der Waals surface area contributed by atoms with Gasteiger partial charge in [-0.1, -0.05) is 0 Å². The number of Topliss-reactive ketones (excluding diaryl/α,β-unsaturated/α-hetero) is 1. The van der Waals surface area contributed by atoms with E-state index >= 15 is 0 Å². The van der Waals surface area contributed by atoms with Crippen LogP contribution in [-0.4, -0.2) is 18.5 Å². The van der Waals surface area contributed by atoms with Gasteiger partial charge in [0.2, 0.25) is 0 Å². The highest BCUT2D eigenvalue weighted by Gasteiger charge is 2.16. The summed E-state index contributed by atoms with van der Waals surface area (Å²) in [5, 5.41) is 0. The van der Waals surface area contributed by atoms with Gasteiger partial charge in [0.1, 0.15) is 5.82 Å².